The minimum absolute atomic E-state index is 0.145. The van der Waals surface area contributed by atoms with Gasteiger partial charge in [-0.15, -0.1) is 0 Å². The third kappa shape index (κ3) is 3.69. The summed E-state index contributed by atoms with van der Waals surface area (Å²) in [5.41, 5.74) is 6.92. The van der Waals surface area contributed by atoms with E-state index in [0.717, 1.165) is 28.2 Å². The fourth-order valence-corrected chi connectivity index (χ4v) is 3.46. The molecule has 0 aliphatic carbocycles. The van der Waals surface area contributed by atoms with Crippen LogP contribution in [0.1, 0.15) is 39.8 Å². The Kier molecular flexibility index (Phi) is 5.36. The number of carbonyl (C=O) groups excluding carboxylic acids is 2. The van der Waals surface area contributed by atoms with Gasteiger partial charge in [-0.25, -0.2) is 0 Å². The molecule has 2 amide bonds. The summed E-state index contributed by atoms with van der Waals surface area (Å²) in [5.74, 6) is -0.315. The average Bonchev–Trinajstić information content (AvgIpc) is 2.93. The summed E-state index contributed by atoms with van der Waals surface area (Å²) in [7, 11) is 0. The molecule has 3 aromatic rings. The lowest BCUT2D eigenvalue weighted by Gasteiger charge is -2.14. The van der Waals surface area contributed by atoms with Crippen molar-refractivity contribution in [2.45, 2.75) is 34.6 Å². The van der Waals surface area contributed by atoms with Crippen molar-refractivity contribution >= 4 is 23.2 Å². The van der Waals surface area contributed by atoms with Crippen LogP contribution in [0.5, 0.6) is 0 Å². The van der Waals surface area contributed by atoms with Crippen molar-refractivity contribution < 1.29 is 9.59 Å². The molecule has 0 aliphatic heterocycles. The first kappa shape index (κ1) is 19.4. The largest absolute Gasteiger partial charge is 0.326 e. The van der Waals surface area contributed by atoms with Gasteiger partial charge in [0, 0.05) is 35.4 Å². The van der Waals surface area contributed by atoms with Crippen LogP contribution in [-0.2, 0) is 4.79 Å². The van der Waals surface area contributed by atoms with Gasteiger partial charge in [-0.2, -0.15) is 0 Å². The van der Waals surface area contributed by atoms with Gasteiger partial charge in [0.2, 0.25) is 5.91 Å². The number of amides is 2. The van der Waals surface area contributed by atoms with E-state index < -0.39 is 0 Å². The van der Waals surface area contributed by atoms with E-state index in [4.69, 9.17) is 0 Å². The number of nitrogens with one attached hydrogen (secondary N) is 2. The number of nitrogens with zero attached hydrogens (tertiary/aromatic N) is 1. The van der Waals surface area contributed by atoms with E-state index in [0.29, 0.717) is 16.9 Å². The number of carbonyl (C=O) groups is 2. The van der Waals surface area contributed by atoms with E-state index in [1.807, 2.05) is 57.2 Å². The lowest BCUT2D eigenvalue weighted by molar-refractivity contribution is -0.114. The van der Waals surface area contributed by atoms with Gasteiger partial charge in [-0.1, -0.05) is 24.3 Å². The quantitative estimate of drug-likeness (QED) is 0.680. The summed E-state index contributed by atoms with van der Waals surface area (Å²) in [6.45, 7) is 9.35. The van der Waals surface area contributed by atoms with Crippen molar-refractivity contribution in [2.75, 3.05) is 10.6 Å². The number of hydrogen-bond acceptors (Lipinski definition) is 2. The van der Waals surface area contributed by atoms with Crippen molar-refractivity contribution in [1.82, 2.24) is 4.57 Å². The predicted octanol–water partition coefficient (Wildman–Crippen LogP) is 4.92. The standard InChI is InChI=1S/C23H25N3O2/c1-14-9-6-7-12-22(14)26-15(2)13-19(17(26)4)23(28)25-21-11-8-10-20(16(21)3)24-18(5)27/h6-13H,1-5H3,(H,24,27)(H,25,28). The minimum atomic E-state index is -0.170. The summed E-state index contributed by atoms with van der Waals surface area (Å²) in [4.78, 5) is 24.4. The Morgan fingerprint density at radius 3 is 2.14 bits per heavy atom. The molecule has 0 atom stereocenters. The molecule has 0 spiro atoms. The Morgan fingerprint density at radius 2 is 1.50 bits per heavy atom. The first-order valence-corrected chi connectivity index (χ1v) is 9.23. The number of aromatic nitrogens is 1. The number of rotatable bonds is 4. The van der Waals surface area contributed by atoms with Gasteiger partial charge in [-0.05, 0) is 63.1 Å². The fourth-order valence-electron chi connectivity index (χ4n) is 3.46. The molecule has 5 heteroatoms. The number of benzene rings is 2. The number of hydrogen-bond donors (Lipinski definition) is 2. The Bertz CT molecular complexity index is 1060. The van der Waals surface area contributed by atoms with E-state index in [-0.39, 0.29) is 11.8 Å². The van der Waals surface area contributed by atoms with E-state index in [2.05, 4.69) is 34.3 Å². The summed E-state index contributed by atoms with van der Waals surface area (Å²) in [6.07, 6.45) is 0. The summed E-state index contributed by atoms with van der Waals surface area (Å²) >= 11 is 0. The molecular weight excluding hydrogens is 350 g/mol. The van der Waals surface area contributed by atoms with Gasteiger partial charge >= 0.3 is 0 Å². The molecule has 0 aliphatic rings. The zero-order valence-electron chi connectivity index (χ0n) is 16.9. The molecule has 28 heavy (non-hydrogen) atoms. The van der Waals surface area contributed by atoms with Crippen LogP contribution in [0.15, 0.2) is 48.5 Å². The molecule has 0 fully saturated rings. The monoisotopic (exact) mass is 375 g/mol. The van der Waals surface area contributed by atoms with Crippen molar-refractivity contribution in [3.05, 3.63) is 76.6 Å². The van der Waals surface area contributed by atoms with Crippen LogP contribution in [0, 0.1) is 27.7 Å². The smallest absolute Gasteiger partial charge is 0.257 e. The topological polar surface area (TPSA) is 63.1 Å². The zero-order chi connectivity index (χ0) is 20.4. The van der Waals surface area contributed by atoms with Crippen LogP contribution in [-0.4, -0.2) is 16.4 Å². The van der Waals surface area contributed by atoms with Gasteiger partial charge in [0.25, 0.3) is 5.91 Å². The van der Waals surface area contributed by atoms with Crippen molar-refractivity contribution in [2.24, 2.45) is 0 Å². The predicted molar refractivity (Wildman–Crippen MR) is 113 cm³/mol. The fraction of sp³-hybridized carbons (Fsp3) is 0.217. The summed E-state index contributed by atoms with van der Waals surface area (Å²) in [6, 6.07) is 15.5. The highest BCUT2D eigenvalue weighted by molar-refractivity contribution is 6.06. The highest BCUT2D eigenvalue weighted by atomic mass is 16.2. The molecule has 0 radical (unpaired) electrons. The van der Waals surface area contributed by atoms with Crippen molar-refractivity contribution in [3.63, 3.8) is 0 Å². The molecule has 1 aromatic heterocycles. The summed E-state index contributed by atoms with van der Waals surface area (Å²) < 4.78 is 2.10. The Morgan fingerprint density at radius 1 is 0.857 bits per heavy atom. The first-order valence-electron chi connectivity index (χ1n) is 9.23. The van der Waals surface area contributed by atoms with Crippen LogP contribution in [0.2, 0.25) is 0 Å². The van der Waals surface area contributed by atoms with Crippen LogP contribution in [0.25, 0.3) is 5.69 Å². The molecule has 0 saturated carbocycles. The second kappa shape index (κ2) is 7.72. The third-order valence-corrected chi connectivity index (χ3v) is 4.92. The maximum absolute atomic E-state index is 13.0. The molecular formula is C23H25N3O2. The molecule has 2 N–H and O–H groups in total. The number of aryl methyl sites for hydroxylation is 2. The number of anilines is 2. The lowest BCUT2D eigenvalue weighted by atomic mass is 10.1. The molecule has 3 rings (SSSR count). The van der Waals surface area contributed by atoms with Gasteiger partial charge < -0.3 is 15.2 Å². The SMILES string of the molecule is CC(=O)Nc1cccc(NC(=O)c2cc(C)n(-c3ccccc3C)c2C)c1C. The normalized spacial score (nSPS) is 10.6. The van der Waals surface area contributed by atoms with Crippen molar-refractivity contribution in [1.29, 1.82) is 0 Å². The van der Waals surface area contributed by atoms with Crippen LogP contribution in [0.3, 0.4) is 0 Å². The summed E-state index contributed by atoms with van der Waals surface area (Å²) in [5, 5.41) is 5.77. The van der Waals surface area contributed by atoms with Gasteiger partial charge in [0.05, 0.1) is 5.56 Å². The molecule has 1 heterocycles. The van der Waals surface area contributed by atoms with E-state index >= 15 is 0 Å². The Hall–Kier alpha value is -3.34. The van der Waals surface area contributed by atoms with Gasteiger partial charge in [-0.3, -0.25) is 9.59 Å². The van der Waals surface area contributed by atoms with E-state index in [1.54, 1.807) is 0 Å². The number of para-hydroxylation sites is 1. The van der Waals surface area contributed by atoms with Gasteiger partial charge in [0.1, 0.15) is 0 Å². The van der Waals surface area contributed by atoms with Crippen molar-refractivity contribution in [3.8, 4) is 5.69 Å². The molecule has 2 aromatic carbocycles. The highest BCUT2D eigenvalue weighted by Gasteiger charge is 2.18. The second-order valence-electron chi connectivity index (χ2n) is 7.02. The molecule has 5 nitrogen and oxygen atoms in total. The Labute approximate surface area is 165 Å². The minimum Gasteiger partial charge on any atom is -0.326 e. The molecule has 0 saturated heterocycles. The highest BCUT2D eigenvalue weighted by Crippen LogP contribution is 2.26. The molecule has 0 bridgehead atoms. The van der Waals surface area contributed by atoms with Gasteiger partial charge in [0.15, 0.2) is 0 Å². The average molecular weight is 375 g/mol. The lowest BCUT2D eigenvalue weighted by Crippen LogP contribution is -2.15. The van der Waals surface area contributed by atoms with E-state index in [9.17, 15) is 9.59 Å². The van der Waals surface area contributed by atoms with E-state index in [1.165, 1.54) is 6.92 Å². The first-order chi connectivity index (χ1) is 13.3. The zero-order valence-corrected chi connectivity index (χ0v) is 16.9. The third-order valence-electron chi connectivity index (χ3n) is 4.92. The molecule has 144 valence electrons. The van der Waals surface area contributed by atoms with Crippen LogP contribution < -0.4 is 10.6 Å². The molecule has 0 unspecified atom stereocenters. The maximum atomic E-state index is 13.0. The maximum Gasteiger partial charge on any atom is 0.257 e. The Balaban J connectivity index is 1.94. The van der Waals surface area contributed by atoms with Crippen LogP contribution in [0.4, 0.5) is 11.4 Å². The van der Waals surface area contributed by atoms with Crippen LogP contribution >= 0.6 is 0 Å². The second-order valence-corrected chi connectivity index (χ2v) is 7.02.